The zero-order valence-electron chi connectivity index (χ0n) is 16.1. The zero-order chi connectivity index (χ0) is 19.3. The molecule has 0 amide bonds. The van der Waals surface area contributed by atoms with Crippen LogP contribution in [0, 0.1) is 0 Å². The maximum atomic E-state index is 4.72. The molecule has 0 radical (unpaired) electrons. The zero-order valence-corrected chi connectivity index (χ0v) is 16.1. The van der Waals surface area contributed by atoms with Gasteiger partial charge in [0.2, 0.25) is 0 Å². The smallest absolute Gasteiger partial charge is 0.182 e. The van der Waals surface area contributed by atoms with Gasteiger partial charge in [-0.25, -0.2) is 15.0 Å². The monoisotopic (exact) mass is 366 g/mol. The van der Waals surface area contributed by atoms with Gasteiger partial charge >= 0.3 is 0 Å². The van der Waals surface area contributed by atoms with Crippen molar-refractivity contribution in [2.45, 2.75) is 26.2 Å². The van der Waals surface area contributed by atoms with Gasteiger partial charge in [0.05, 0.1) is 0 Å². The van der Waals surface area contributed by atoms with Gasteiger partial charge in [0.1, 0.15) is 11.5 Å². The summed E-state index contributed by atoms with van der Waals surface area (Å²) in [5, 5.41) is 0. The molecular formula is C24H22N4. The van der Waals surface area contributed by atoms with Gasteiger partial charge in [-0.05, 0) is 18.1 Å². The van der Waals surface area contributed by atoms with Gasteiger partial charge in [-0.2, -0.15) is 0 Å². The molecule has 2 heterocycles. The van der Waals surface area contributed by atoms with Crippen LogP contribution in [0.5, 0.6) is 0 Å². The van der Waals surface area contributed by atoms with E-state index in [2.05, 4.69) is 37.0 Å². The number of benzene rings is 2. The van der Waals surface area contributed by atoms with Gasteiger partial charge in [-0.1, -0.05) is 80.6 Å². The van der Waals surface area contributed by atoms with E-state index in [0.29, 0.717) is 11.6 Å². The molecule has 0 aliphatic carbocycles. The van der Waals surface area contributed by atoms with Gasteiger partial charge < -0.3 is 0 Å². The third-order valence-corrected chi connectivity index (χ3v) is 4.84. The topological polar surface area (TPSA) is 51.6 Å². The van der Waals surface area contributed by atoms with Crippen LogP contribution in [0.1, 0.15) is 32.0 Å². The maximum absolute atomic E-state index is 4.72. The summed E-state index contributed by atoms with van der Waals surface area (Å²) in [6.45, 7) is 4.28. The largest absolute Gasteiger partial charge is 0.252 e. The minimum atomic E-state index is 0.257. The van der Waals surface area contributed by atoms with Crippen LogP contribution >= 0.6 is 0 Å². The van der Waals surface area contributed by atoms with Crippen molar-refractivity contribution in [3.63, 3.8) is 0 Å². The first-order valence-electron chi connectivity index (χ1n) is 9.58. The van der Waals surface area contributed by atoms with E-state index in [9.17, 15) is 0 Å². The summed E-state index contributed by atoms with van der Waals surface area (Å²) >= 11 is 0. The molecule has 0 aliphatic rings. The molecule has 28 heavy (non-hydrogen) atoms. The van der Waals surface area contributed by atoms with Crippen molar-refractivity contribution in [3.05, 3.63) is 84.8 Å². The molecular weight excluding hydrogens is 344 g/mol. The van der Waals surface area contributed by atoms with Crippen molar-refractivity contribution in [2.24, 2.45) is 0 Å². The molecule has 2 aromatic heterocycles. The van der Waals surface area contributed by atoms with Crippen LogP contribution < -0.4 is 0 Å². The molecule has 0 fully saturated rings. The molecule has 0 saturated carbocycles. The van der Waals surface area contributed by atoms with E-state index < -0.39 is 0 Å². The summed E-state index contributed by atoms with van der Waals surface area (Å²) in [5.41, 5.74) is 3.95. The fourth-order valence-corrected chi connectivity index (χ4v) is 2.95. The van der Waals surface area contributed by atoms with Crippen LogP contribution in [0.2, 0.25) is 0 Å². The Morgan fingerprint density at radius 3 is 1.93 bits per heavy atom. The second-order valence-corrected chi connectivity index (χ2v) is 6.81. The number of rotatable bonds is 5. The molecule has 4 aromatic rings. The molecule has 4 heteroatoms. The molecule has 0 aliphatic heterocycles. The van der Waals surface area contributed by atoms with E-state index in [1.54, 1.807) is 0 Å². The molecule has 1 unspecified atom stereocenters. The lowest BCUT2D eigenvalue weighted by Gasteiger charge is -2.11. The molecule has 0 N–H and O–H groups in total. The van der Waals surface area contributed by atoms with E-state index in [0.717, 1.165) is 34.6 Å². The Balaban J connectivity index is 1.76. The summed E-state index contributed by atoms with van der Waals surface area (Å²) in [4.78, 5) is 18.8. The minimum absolute atomic E-state index is 0.257. The molecule has 4 rings (SSSR count). The summed E-state index contributed by atoms with van der Waals surface area (Å²) in [6.07, 6.45) is 2.84. The number of pyridine rings is 1. The highest BCUT2D eigenvalue weighted by molar-refractivity contribution is 5.65. The molecule has 2 aromatic carbocycles. The van der Waals surface area contributed by atoms with Crippen molar-refractivity contribution in [1.82, 2.24) is 19.9 Å². The molecule has 0 saturated heterocycles. The Bertz CT molecular complexity index is 1040. The number of hydrogen-bond acceptors (Lipinski definition) is 4. The lowest BCUT2D eigenvalue weighted by Crippen LogP contribution is -2.06. The fraction of sp³-hybridized carbons (Fsp3) is 0.167. The average Bonchev–Trinajstić information content (AvgIpc) is 2.79. The van der Waals surface area contributed by atoms with Crippen LogP contribution in [0.15, 0.2) is 79.0 Å². The van der Waals surface area contributed by atoms with E-state index in [4.69, 9.17) is 15.0 Å². The number of aromatic nitrogens is 4. The predicted octanol–water partition coefficient (Wildman–Crippen LogP) is 5.78. The summed E-state index contributed by atoms with van der Waals surface area (Å²) in [6, 6.07) is 24.3. The van der Waals surface area contributed by atoms with Crippen molar-refractivity contribution in [2.75, 3.05) is 0 Å². The lowest BCUT2D eigenvalue weighted by molar-refractivity contribution is 0.674. The molecule has 138 valence electrons. The van der Waals surface area contributed by atoms with Gasteiger partial charge in [-0.3, -0.25) is 4.98 Å². The summed E-state index contributed by atoms with van der Waals surface area (Å²) in [7, 11) is 0. The van der Waals surface area contributed by atoms with Crippen molar-refractivity contribution in [1.29, 1.82) is 0 Å². The SMILES string of the molecule is CCC(C)c1nc(-c2ccccc2)nc(-c2ccc(-c3ccccc3)cn2)n1. The Morgan fingerprint density at radius 1 is 0.679 bits per heavy atom. The summed E-state index contributed by atoms with van der Waals surface area (Å²) in [5.74, 6) is 2.37. The van der Waals surface area contributed by atoms with Crippen LogP contribution in [0.25, 0.3) is 34.0 Å². The Kier molecular flexibility index (Phi) is 5.20. The highest BCUT2D eigenvalue weighted by Gasteiger charge is 2.15. The van der Waals surface area contributed by atoms with Gasteiger partial charge in [0.25, 0.3) is 0 Å². The average molecular weight is 366 g/mol. The second kappa shape index (κ2) is 8.09. The predicted molar refractivity (Wildman–Crippen MR) is 113 cm³/mol. The van der Waals surface area contributed by atoms with Crippen molar-refractivity contribution >= 4 is 0 Å². The fourth-order valence-electron chi connectivity index (χ4n) is 2.95. The highest BCUT2D eigenvalue weighted by Crippen LogP contribution is 2.25. The standard InChI is InChI=1S/C24H22N4/c1-3-17(2)22-26-23(19-12-8-5-9-13-19)28-24(27-22)21-15-14-20(16-25-21)18-10-6-4-7-11-18/h4-17H,3H2,1-2H3. The first kappa shape index (κ1) is 18.0. The first-order chi connectivity index (χ1) is 13.7. The summed E-state index contributed by atoms with van der Waals surface area (Å²) < 4.78 is 0. The Hall–Kier alpha value is -3.40. The molecule has 0 bridgehead atoms. The second-order valence-electron chi connectivity index (χ2n) is 6.81. The van der Waals surface area contributed by atoms with Crippen LogP contribution in [-0.2, 0) is 0 Å². The molecule has 1 atom stereocenters. The van der Waals surface area contributed by atoms with Crippen LogP contribution in [-0.4, -0.2) is 19.9 Å². The Morgan fingerprint density at radius 2 is 1.32 bits per heavy atom. The third-order valence-electron chi connectivity index (χ3n) is 4.84. The van der Waals surface area contributed by atoms with Crippen LogP contribution in [0.3, 0.4) is 0 Å². The molecule has 4 nitrogen and oxygen atoms in total. The highest BCUT2D eigenvalue weighted by atomic mass is 15.0. The third kappa shape index (κ3) is 3.81. The minimum Gasteiger partial charge on any atom is -0.252 e. The molecule has 0 spiro atoms. The van der Waals surface area contributed by atoms with Gasteiger partial charge in [0, 0.05) is 23.2 Å². The normalized spacial score (nSPS) is 11.9. The number of hydrogen-bond donors (Lipinski definition) is 0. The maximum Gasteiger partial charge on any atom is 0.182 e. The first-order valence-corrected chi connectivity index (χ1v) is 9.58. The van der Waals surface area contributed by atoms with Crippen molar-refractivity contribution < 1.29 is 0 Å². The van der Waals surface area contributed by atoms with Crippen LogP contribution in [0.4, 0.5) is 0 Å². The Labute approximate surface area is 165 Å². The lowest BCUT2D eigenvalue weighted by atomic mass is 10.1. The van der Waals surface area contributed by atoms with Gasteiger partial charge in [-0.15, -0.1) is 0 Å². The van der Waals surface area contributed by atoms with E-state index in [1.807, 2.05) is 60.8 Å². The number of nitrogens with zero attached hydrogens (tertiary/aromatic N) is 4. The van der Waals surface area contributed by atoms with Crippen molar-refractivity contribution in [3.8, 4) is 34.0 Å². The quantitative estimate of drug-likeness (QED) is 0.449. The van der Waals surface area contributed by atoms with E-state index in [1.165, 1.54) is 0 Å². The van der Waals surface area contributed by atoms with E-state index >= 15 is 0 Å². The van der Waals surface area contributed by atoms with E-state index in [-0.39, 0.29) is 5.92 Å². The van der Waals surface area contributed by atoms with Gasteiger partial charge in [0.15, 0.2) is 11.6 Å².